The van der Waals surface area contributed by atoms with Gasteiger partial charge in [0.25, 0.3) is 5.91 Å². The molecule has 5 nitrogen and oxygen atoms in total. The van der Waals surface area contributed by atoms with Gasteiger partial charge in [-0.15, -0.1) is 0 Å². The molecule has 0 radical (unpaired) electrons. The van der Waals surface area contributed by atoms with E-state index in [4.69, 9.17) is 5.11 Å². The third-order valence-electron chi connectivity index (χ3n) is 2.64. The molecule has 1 heterocycles. The number of fused-ring (bicyclic) bond motifs is 1. The number of hydrogen-bond donors (Lipinski definition) is 3. The van der Waals surface area contributed by atoms with Crippen LogP contribution in [0.1, 0.15) is 23.7 Å². The van der Waals surface area contributed by atoms with Crippen LogP contribution in [0.4, 0.5) is 0 Å². The lowest BCUT2D eigenvalue weighted by Crippen LogP contribution is -2.33. The SMILES string of the molecule is CC(CCO)NC(=O)c1ccc2[nH]ncc2c1. The number of amides is 1. The molecule has 2 aromatic rings. The molecule has 0 aliphatic heterocycles. The highest BCUT2D eigenvalue weighted by molar-refractivity contribution is 5.97. The number of H-pyrrole nitrogens is 1. The third-order valence-corrected chi connectivity index (χ3v) is 2.64. The summed E-state index contributed by atoms with van der Waals surface area (Å²) in [4.78, 5) is 11.9. The molecular formula is C12H15N3O2. The fourth-order valence-corrected chi connectivity index (χ4v) is 1.66. The Morgan fingerprint density at radius 3 is 3.18 bits per heavy atom. The normalized spacial score (nSPS) is 12.6. The Morgan fingerprint density at radius 2 is 2.41 bits per heavy atom. The van der Waals surface area contributed by atoms with Crippen LogP contribution in [-0.2, 0) is 0 Å². The van der Waals surface area contributed by atoms with Crippen LogP contribution in [0.15, 0.2) is 24.4 Å². The van der Waals surface area contributed by atoms with E-state index in [-0.39, 0.29) is 18.6 Å². The molecule has 3 N–H and O–H groups in total. The Hall–Kier alpha value is -1.88. The van der Waals surface area contributed by atoms with E-state index in [2.05, 4.69) is 15.5 Å². The van der Waals surface area contributed by atoms with Gasteiger partial charge < -0.3 is 10.4 Å². The van der Waals surface area contributed by atoms with Crippen molar-refractivity contribution in [1.82, 2.24) is 15.5 Å². The molecule has 0 saturated heterocycles. The van der Waals surface area contributed by atoms with Crippen molar-refractivity contribution in [2.75, 3.05) is 6.61 Å². The van der Waals surface area contributed by atoms with E-state index in [0.29, 0.717) is 12.0 Å². The largest absolute Gasteiger partial charge is 0.396 e. The number of aromatic amines is 1. The molecule has 0 fully saturated rings. The van der Waals surface area contributed by atoms with Crippen LogP contribution >= 0.6 is 0 Å². The summed E-state index contributed by atoms with van der Waals surface area (Å²) in [6.07, 6.45) is 2.24. The van der Waals surface area contributed by atoms with Gasteiger partial charge in [-0.05, 0) is 31.5 Å². The van der Waals surface area contributed by atoms with E-state index in [0.717, 1.165) is 10.9 Å². The lowest BCUT2D eigenvalue weighted by Gasteiger charge is -2.12. The molecule has 1 atom stereocenters. The van der Waals surface area contributed by atoms with Gasteiger partial charge in [-0.3, -0.25) is 9.89 Å². The van der Waals surface area contributed by atoms with Gasteiger partial charge in [0.1, 0.15) is 0 Å². The number of nitrogens with zero attached hydrogens (tertiary/aromatic N) is 1. The summed E-state index contributed by atoms with van der Waals surface area (Å²) >= 11 is 0. The van der Waals surface area contributed by atoms with E-state index in [9.17, 15) is 4.79 Å². The van der Waals surface area contributed by atoms with E-state index in [1.54, 1.807) is 18.3 Å². The van der Waals surface area contributed by atoms with Crippen LogP contribution in [0.3, 0.4) is 0 Å². The van der Waals surface area contributed by atoms with E-state index in [1.165, 1.54) is 0 Å². The minimum Gasteiger partial charge on any atom is -0.396 e. The highest BCUT2D eigenvalue weighted by atomic mass is 16.3. The van der Waals surface area contributed by atoms with Crippen molar-refractivity contribution in [2.45, 2.75) is 19.4 Å². The molecule has 1 unspecified atom stereocenters. The Balaban J connectivity index is 2.13. The van der Waals surface area contributed by atoms with Crippen LogP contribution in [0.25, 0.3) is 10.9 Å². The summed E-state index contributed by atoms with van der Waals surface area (Å²) in [6.45, 7) is 1.94. The van der Waals surface area contributed by atoms with E-state index >= 15 is 0 Å². The quantitative estimate of drug-likeness (QED) is 0.739. The Kier molecular flexibility index (Phi) is 3.39. The van der Waals surface area contributed by atoms with Gasteiger partial charge in [-0.25, -0.2) is 0 Å². The van der Waals surface area contributed by atoms with Gasteiger partial charge in [0, 0.05) is 23.6 Å². The Labute approximate surface area is 98.8 Å². The minimum atomic E-state index is -0.131. The number of aromatic nitrogens is 2. The monoisotopic (exact) mass is 233 g/mol. The first-order valence-electron chi connectivity index (χ1n) is 5.55. The number of carbonyl (C=O) groups excluding carboxylic acids is 1. The number of hydrogen-bond acceptors (Lipinski definition) is 3. The van der Waals surface area contributed by atoms with Crippen LogP contribution < -0.4 is 5.32 Å². The summed E-state index contributed by atoms with van der Waals surface area (Å²) in [5, 5.41) is 19.2. The fourth-order valence-electron chi connectivity index (χ4n) is 1.66. The van der Waals surface area contributed by atoms with Crippen LogP contribution in [0.5, 0.6) is 0 Å². The zero-order chi connectivity index (χ0) is 12.3. The van der Waals surface area contributed by atoms with Crippen LogP contribution in [-0.4, -0.2) is 33.9 Å². The molecule has 0 aliphatic carbocycles. The number of nitrogens with one attached hydrogen (secondary N) is 2. The van der Waals surface area contributed by atoms with Gasteiger partial charge in [-0.1, -0.05) is 0 Å². The summed E-state index contributed by atoms with van der Waals surface area (Å²) in [5.41, 5.74) is 1.51. The second-order valence-electron chi connectivity index (χ2n) is 4.06. The number of aliphatic hydroxyl groups excluding tert-OH is 1. The molecular weight excluding hydrogens is 218 g/mol. The van der Waals surface area contributed by atoms with Gasteiger partial charge in [0.2, 0.25) is 0 Å². The number of carbonyl (C=O) groups is 1. The standard InChI is InChI=1S/C12H15N3O2/c1-8(4-5-16)14-12(17)9-2-3-11-10(6-9)7-13-15-11/h2-3,6-8,16H,4-5H2,1H3,(H,13,15)(H,14,17). The zero-order valence-corrected chi connectivity index (χ0v) is 9.60. The molecule has 0 spiro atoms. The molecule has 2 rings (SSSR count). The predicted octanol–water partition coefficient (Wildman–Crippen LogP) is 1.06. The minimum absolute atomic E-state index is 0.0347. The topological polar surface area (TPSA) is 78.0 Å². The van der Waals surface area contributed by atoms with Crippen LogP contribution in [0.2, 0.25) is 0 Å². The molecule has 1 aromatic heterocycles. The highest BCUT2D eigenvalue weighted by Gasteiger charge is 2.10. The van der Waals surface area contributed by atoms with Gasteiger partial charge in [-0.2, -0.15) is 5.10 Å². The van der Waals surface area contributed by atoms with E-state index in [1.807, 2.05) is 13.0 Å². The van der Waals surface area contributed by atoms with Crippen molar-refractivity contribution >= 4 is 16.8 Å². The Bertz CT molecular complexity index is 521. The van der Waals surface area contributed by atoms with Crippen molar-refractivity contribution in [3.8, 4) is 0 Å². The molecule has 5 heteroatoms. The average molecular weight is 233 g/mol. The average Bonchev–Trinajstić information content (AvgIpc) is 2.75. The summed E-state index contributed by atoms with van der Waals surface area (Å²) in [7, 11) is 0. The van der Waals surface area contributed by atoms with Crippen molar-refractivity contribution in [2.24, 2.45) is 0 Å². The first-order chi connectivity index (χ1) is 8.20. The number of benzene rings is 1. The van der Waals surface area contributed by atoms with Crippen molar-refractivity contribution in [3.05, 3.63) is 30.0 Å². The maximum Gasteiger partial charge on any atom is 0.251 e. The van der Waals surface area contributed by atoms with Crippen molar-refractivity contribution < 1.29 is 9.90 Å². The van der Waals surface area contributed by atoms with Crippen molar-refractivity contribution in [1.29, 1.82) is 0 Å². The number of rotatable bonds is 4. The smallest absolute Gasteiger partial charge is 0.251 e. The second kappa shape index (κ2) is 4.97. The zero-order valence-electron chi connectivity index (χ0n) is 9.60. The molecule has 0 saturated carbocycles. The van der Waals surface area contributed by atoms with Gasteiger partial charge >= 0.3 is 0 Å². The maximum absolute atomic E-state index is 11.9. The second-order valence-corrected chi connectivity index (χ2v) is 4.06. The molecule has 17 heavy (non-hydrogen) atoms. The molecule has 0 aliphatic rings. The fraction of sp³-hybridized carbons (Fsp3) is 0.333. The predicted molar refractivity (Wildman–Crippen MR) is 64.7 cm³/mol. The Morgan fingerprint density at radius 1 is 1.59 bits per heavy atom. The van der Waals surface area contributed by atoms with Gasteiger partial charge in [0.05, 0.1) is 11.7 Å². The van der Waals surface area contributed by atoms with Crippen molar-refractivity contribution in [3.63, 3.8) is 0 Å². The lowest BCUT2D eigenvalue weighted by molar-refractivity contribution is 0.0934. The summed E-state index contributed by atoms with van der Waals surface area (Å²) in [5.74, 6) is -0.131. The van der Waals surface area contributed by atoms with E-state index < -0.39 is 0 Å². The molecule has 1 aromatic carbocycles. The molecule has 0 bridgehead atoms. The molecule has 90 valence electrons. The highest BCUT2D eigenvalue weighted by Crippen LogP contribution is 2.12. The first kappa shape index (κ1) is 11.6. The van der Waals surface area contributed by atoms with Crippen LogP contribution in [0, 0.1) is 0 Å². The maximum atomic E-state index is 11.9. The van der Waals surface area contributed by atoms with Gasteiger partial charge in [0.15, 0.2) is 0 Å². The first-order valence-corrected chi connectivity index (χ1v) is 5.55. The number of aliphatic hydroxyl groups is 1. The summed E-state index contributed by atoms with van der Waals surface area (Å²) < 4.78 is 0. The lowest BCUT2D eigenvalue weighted by atomic mass is 10.1. The summed E-state index contributed by atoms with van der Waals surface area (Å²) in [6, 6.07) is 5.34. The third kappa shape index (κ3) is 2.62. The molecule has 1 amide bonds.